The molecule has 0 aliphatic heterocycles. The predicted molar refractivity (Wildman–Crippen MR) is 90.3 cm³/mol. The van der Waals surface area contributed by atoms with E-state index in [-0.39, 0.29) is 17.2 Å². The van der Waals surface area contributed by atoms with Crippen LogP contribution in [0.4, 0.5) is 10.1 Å². The van der Waals surface area contributed by atoms with Crippen LogP contribution in [0.15, 0.2) is 18.2 Å². The highest BCUT2D eigenvalue weighted by Gasteiger charge is 2.21. The number of anilines is 1. The minimum absolute atomic E-state index is 0.0115. The summed E-state index contributed by atoms with van der Waals surface area (Å²) in [7, 11) is 0. The van der Waals surface area contributed by atoms with Crippen LogP contribution in [0.1, 0.15) is 44.6 Å². The number of Topliss-reactive ketones (excluding diaryl/α,β-unsaturated/α-hetero) is 1. The van der Waals surface area contributed by atoms with E-state index in [1.54, 1.807) is 26.8 Å². The SMILES string of the molecule is CC(=O)c1c(C)[nH]c(C(=O)OCC(=O)Nc2ccc(C)cc2F)c1C. The second kappa shape index (κ2) is 7.29. The summed E-state index contributed by atoms with van der Waals surface area (Å²) in [6, 6.07) is 4.37. The summed E-state index contributed by atoms with van der Waals surface area (Å²) in [5, 5.41) is 2.34. The van der Waals surface area contributed by atoms with Gasteiger partial charge in [-0.15, -0.1) is 0 Å². The number of carbonyl (C=O) groups excluding carboxylic acids is 3. The molecule has 1 aromatic heterocycles. The summed E-state index contributed by atoms with van der Waals surface area (Å²) < 4.78 is 18.6. The number of aryl methyl sites for hydroxylation is 2. The summed E-state index contributed by atoms with van der Waals surface area (Å²) in [6.45, 7) is 5.86. The van der Waals surface area contributed by atoms with E-state index in [9.17, 15) is 18.8 Å². The number of ether oxygens (including phenoxy) is 1. The molecule has 0 bridgehead atoms. The first kappa shape index (κ1) is 18.4. The number of aromatic amines is 1. The number of carbonyl (C=O) groups is 3. The smallest absolute Gasteiger partial charge is 0.355 e. The van der Waals surface area contributed by atoms with Crippen LogP contribution in [-0.4, -0.2) is 29.3 Å². The number of H-pyrrole nitrogens is 1. The van der Waals surface area contributed by atoms with Gasteiger partial charge in [0.1, 0.15) is 11.5 Å². The lowest BCUT2D eigenvalue weighted by atomic mass is 10.1. The van der Waals surface area contributed by atoms with Crippen LogP contribution in [0.25, 0.3) is 0 Å². The zero-order valence-electron chi connectivity index (χ0n) is 14.5. The van der Waals surface area contributed by atoms with E-state index in [2.05, 4.69) is 10.3 Å². The second-order valence-corrected chi connectivity index (χ2v) is 5.79. The number of nitrogens with one attached hydrogen (secondary N) is 2. The molecule has 1 aromatic carbocycles. The summed E-state index contributed by atoms with van der Waals surface area (Å²) in [4.78, 5) is 38.3. The molecule has 0 aliphatic rings. The van der Waals surface area contributed by atoms with E-state index in [4.69, 9.17) is 4.74 Å². The van der Waals surface area contributed by atoms with E-state index < -0.39 is 24.3 Å². The fraction of sp³-hybridized carbons (Fsp3) is 0.278. The summed E-state index contributed by atoms with van der Waals surface area (Å²) in [5.41, 5.74) is 2.32. The Morgan fingerprint density at radius 3 is 2.44 bits per heavy atom. The van der Waals surface area contributed by atoms with Crippen molar-refractivity contribution in [3.63, 3.8) is 0 Å². The molecule has 0 fully saturated rings. The third kappa shape index (κ3) is 4.12. The molecule has 7 heteroatoms. The van der Waals surface area contributed by atoms with Crippen LogP contribution >= 0.6 is 0 Å². The average molecular weight is 346 g/mol. The van der Waals surface area contributed by atoms with Crippen molar-refractivity contribution in [1.29, 1.82) is 0 Å². The lowest BCUT2D eigenvalue weighted by Crippen LogP contribution is -2.22. The maximum atomic E-state index is 13.7. The van der Waals surface area contributed by atoms with Crippen LogP contribution in [0, 0.1) is 26.6 Å². The highest BCUT2D eigenvalue weighted by Crippen LogP contribution is 2.19. The van der Waals surface area contributed by atoms with Gasteiger partial charge in [0, 0.05) is 11.3 Å². The Morgan fingerprint density at radius 1 is 1.20 bits per heavy atom. The molecule has 2 rings (SSSR count). The zero-order valence-corrected chi connectivity index (χ0v) is 14.5. The maximum Gasteiger partial charge on any atom is 0.355 e. The Kier molecular flexibility index (Phi) is 5.36. The van der Waals surface area contributed by atoms with Gasteiger partial charge in [0.05, 0.1) is 5.69 Å². The normalized spacial score (nSPS) is 10.4. The quantitative estimate of drug-likeness (QED) is 0.643. The molecular formula is C18H19FN2O4. The first-order valence-corrected chi connectivity index (χ1v) is 7.64. The molecule has 0 radical (unpaired) electrons. The molecule has 2 aromatic rings. The van der Waals surface area contributed by atoms with E-state index >= 15 is 0 Å². The van der Waals surface area contributed by atoms with Crippen molar-refractivity contribution in [3.8, 4) is 0 Å². The fourth-order valence-corrected chi connectivity index (χ4v) is 2.59. The van der Waals surface area contributed by atoms with E-state index in [1.807, 2.05) is 0 Å². The number of halogens is 1. The number of esters is 1. The van der Waals surface area contributed by atoms with Crippen molar-refractivity contribution in [2.45, 2.75) is 27.7 Å². The Hall–Kier alpha value is -2.96. The van der Waals surface area contributed by atoms with E-state index in [0.29, 0.717) is 16.8 Å². The monoisotopic (exact) mass is 346 g/mol. The van der Waals surface area contributed by atoms with Gasteiger partial charge < -0.3 is 15.0 Å². The number of rotatable bonds is 5. The van der Waals surface area contributed by atoms with Crippen LogP contribution in [0.2, 0.25) is 0 Å². The van der Waals surface area contributed by atoms with E-state index in [0.717, 1.165) is 5.56 Å². The van der Waals surface area contributed by atoms with Gasteiger partial charge in [0.25, 0.3) is 5.91 Å². The molecule has 0 unspecified atom stereocenters. The summed E-state index contributed by atoms with van der Waals surface area (Å²) >= 11 is 0. The zero-order chi connectivity index (χ0) is 18.7. The second-order valence-electron chi connectivity index (χ2n) is 5.79. The Labute approximate surface area is 144 Å². The largest absolute Gasteiger partial charge is 0.451 e. The van der Waals surface area contributed by atoms with Crippen molar-refractivity contribution >= 4 is 23.3 Å². The Bertz CT molecular complexity index is 855. The molecule has 6 nitrogen and oxygen atoms in total. The van der Waals surface area contributed by atoms with Gasteiger partial charge in [0.15, 0.2) is 12.4 Å². The fourth-order valence-electron chi connectivity index (χ4n) is 2.59. The third-order valence-electron chi connectivity index (χ3n) is 3.73. The number of hydrogen-bond acceptors (Lipinski definition) is 4. The molecule has 0 saturated carbocycles. The molecule has 0 atom stereocenters. The number of benzene rings is 1. The molecule has 132 valence electrons. The lowest BCUT2D eigenvalue weighted by molar-refractivity contribution is -0.119. The minimum Gasteiger partial charge on any atom is -0.451 e. The number of hydrogen-bond donors (Lipinski definition) is 2. The molecule has 25 heavy (non-hydrogen) atoms. The van der Waals surface area contributed by atoms with Crippen molar-refractivity contribution in [3.05, 3.63) is 52.1 Å². The van der Waals surface area contributed by atoms with Crippen molar-refractivity contribution < 1.29 is 23.5 Å². The van der Waals surface area contributed by atoms with Gasteiger partial charge in [-0.2, -0.15) is 0 Å². The van der Waals surface area contributed by atoms with Crippen LogP contribution in [-0.2, 0) is 9.53 Å². The molecule has 2 N–H and O–H groups in total. The third-order valence-corrected chi connectivity index (χ3v) is 3.73. The van der Waals surface area contributed by atoms with Crippen LogP contribution < -0.4 is 5.32 Å². The molecule has 0 spiro atoms. The van der Waals surface area contributed by atoms with Crippen molar-refractivity contribution in [1.82, 2.24) is 4.98 Å². The van der Waals surface area contributed by atoms with Crippen LogP contribution in [0.5, 0.6) is 0 Å². The van der Waals surface area contributed by atoms with Crippen molar-refractivity contribution in [2.24, 2.45) is 0 Å². The van der Waals surface area contributed by atoms with Gasteiger partial charge >= 0.3 is 5.97 Å². The Balaban J connectivity index is 2.01. The summed E-state index contributed by atoms with van der Waals surface area (Å²) in [5.74, 6) is -2.16. The molecule has 0 saturated heterocycles. The minimum atomic E-state index is -0.757. The van der Waals surface area contributed by atoms with Crippen molar-refractivity contribution in [2.75, 3.05) is 11.9 Å². The molecule has 1 amide bonds. The van der Waals surface area contributed by atoms with Gasteiger partial charge in [-0.05, 0) is 51.0 Å². The average Bonchev–Trinajstić information content (AvgIpc) is 2.82. The van der Waals surface area contributed by atoms with Gasteiger partial charge in [0.2, 0.25) is 0 Å². The number of amides is 1. The Morgan fingerprint density at radius 2 is 1.88 bits per heavy atom. The molecule has 0 aliphatic carbocycles. The standard InChI is InChI=1S/C18H19FN2O4/c1-9-5-6-14(13(19)7-9)21-15(23)8-25-18(24)17-10(2)16(12(4)22)11(3)20-17/h5-7,20H,8H2,1-4H3,(H,21,23). The topological polar surface area (TPSA) is 88.3 Å². The van der Waals surface area contributed by atoms with Gasteiger partial charge in [-0.1, -0.05) is 6.07 Å². The van der Waals surface area contributed by atoms with Gasteiger partial charge in [-0.25, -0.2) is 9.18 Å². The van der Waals surface area contributed by atoms with Gasteiger partial charge in [-0.3, -0.25) is 9.59 Å². The number of ketones is 1. The first-order chi connectivity index (χ1) is 11.7. The molecular weight excluding hydrogens is 327 g/mol. The highest BCUT2D eigenvalue weighted by molar-refractivity contribution is 6.01. The highest BCUT2D eigenvalue weighted by atomic mass is 19.1. The summed E-state index contributed by atoms with van der Waals surface area (Å²) in [6.07, 6.45) is 0. The molecule has 1 heterocycles. The number of aromatic nitrogens is 1. The van der Waals surface area contributed by atoms with E-state index in [1.165, 1.54) is 19.1 Å². The van der Waals surface area contributed by atoms with Crippen LogP contribution in [0.3, 0.4) is 0 Å². The predicted octanol–water partition coefficient (Wildman–Crippen LogP) is 3.08. The maximum absolute atomic E-state index is 13.7. The lowest BCUT2D eigenvalue weighted by Gasteiger charge is -2.08. The first-order valence-electron chi connectivity index (χ1n) is 7.64.